The van der Waals surface area contributed by atoms with E-state index in [0.717, 1.165) is 23.9 Å². The number of aromatic amines is 1. The van der Waals surface area contributed by atoms with Crippen molar-refractivity contribution in [1.82, 2.24) is 19.7 Å². The number of H-pyrrole nitrogens is 1. The van der Waals surface area contributed by atoms with Crippen LogP contribution >= 0.6 is 34.8 Å². The van der Waals surface area contributed by atoms with E-state index >= 15 is 0 Å². The van der Waals surface area contributed by atoms with Gasteiger partial charge in [-0.2, -0.15) is 4.68 Å². The molecule has 1 fully saturated rings. The van der Waals surface area contributed by atoms with E-state index in [1.807, 2.05) is 11.9 Å². The zero-order valence-corrected chi connectivity index (χ0v) is 20.1. The molecule has 0 saturated carbocycles. The Balaban J connectivity index is 1.65. The average molecular weight is 526 g/mol. The molecule has 0 bridgehead atoms. The number of hydrogen-bond acceptors (Lipinski definition) is 6. The Kier molecular flexibility index (Phi) is 6.88. The fourth-order valence-corrected chi connectivity index (χ4v) is 4.42. The van der Waals surface area contributed by atoms with Crippen LogP contribution in [0.4, 0.5) is 0 Å². The number of carbonyl (C=O) groups excluding carboxylic acids is 1. The highest BCUT2D eigenvalue weighted by molar-refractivity contribution is 6.37. The summed E-state index contributed by atoms with van der Waals surface area (Å²) >= 11 is 18.4. The van der Waals surface area contributed by atoms with Crippen LogP contribution < -0.4 is 16.0 Å². The molecule has 1 amide bonds. The van der Waals surface area contributed by atoms with Crippen molar-refractivity contribution in [2.45, 2.75) is 32.2 Å². The smallest absolute Gasteiger partial charge is 0.349 e. The predicted octanol–water partition coefficient (Wildman–Crippen LogP) is 4.39. The fraction of sp³-hybridized carbons (Fsp3) is 0.273. The highest BCUT2D eigenvalue weighted by atomic mass is 35.5. The highest BCUT2D eigenvalue weighted by Crippen LogP contribution is 2.39. The molecule has 1 aliphatic rings. The lowest BCUT2D eigenvalue weighted by Gasteiger charge is -2.33. The van der Waals surface area contributed by atoms with Gasteiger partial charge in [0, 0.05) is 12.6 Å². The zero-order valence-electron chi connectivity index (χ0n) is 17.8. The van der Waals surface area contributed by atoms with Crippen LogP contribution in [0.15, 0.2) is 39.9 Å². The third-order valence-corrected chi connectivity index (χ3v) is 6.31. The van der Waals surface area contributed by atoms with Crippen LogP contribution in [0.5, 0.6) is 17.2 Å². The Morgan fingerprint density at radius 2 is 1.85 bits per heavy atom. The number of halogens is 3. The van der Waals surface area contributed by atoms with Crippen LogP contribution in [0, 0.1) is 0 Å². The number of phenolic OH excluding ortho intramolecular Hbond substituents is 1. The first-order valence-electron chi connectivity index (χ1n) is 10.4. The van der Waals surface area contributed by atoms with Gasteiger partial charge in [-0.1, -0.05) is 34.8 Å². The summed E-state index contributed by atoms with van der Waals surface area (Å²) in [4.78, 5) is 40.3. The number of benzene rings is 2. The summed E-state index contributed by atoms with van der Waals surface area (Å²) in [5.74, 6) is -0.165. The summed E-state index contributed by atoms with van der Waals surface area (Å²) in [6.45, 7) is 2.59. The van der Waals surface area contributed by atoms with E-state index in [1.54, 1.807) is 4.90 Å². The Labute approximate surface area is 208 Å². The first-order valence-corrected chi connectivity index (χ1v) is 11.5. The van der Waals surface area contributed by atoms with Gasteiger partial charge in [-0.15, -0.1) is 5.10 Å². The molecule has 2 N–H and O–H groups in total. The largest absolute Gasteiger partial charge is 0.507 e. The Morgan fingerprint density at radius 3 is 2.53 bits per heavy atom. The van der Waals surface area contributed by atoms with E-state index in [0.29, 0.717) is 6.54 Å². The van der Waals surface area contributed by atoms with Crippen LogP contribution in [0.2, 0.25) is 15.2 Å². The van der Waals surface area contributed by atoms with Crippen molar-refractivity contribution in [3.63, 3.8) is 0 Å². The minimum Gasteiger partial charge on any atom is -0.507 e. The maximum atomic E-state index is 13.0. The third-order valence-electron chi connectivity index (χ3n) is 5.50. The maximum Gasteiger partial charge on any atom is 0.349 e. The quantitative estimate of drug-likeness (QED) is 0.522. The lowest BCUT2D eigenvalue weighted by molar-refractivity contribution is 0.0632. The summed E-state index contributed by atoms with van der Waals surface area (Å²) in [6.07, 6.45) is 2.86. The van der Waals surface area contributed by atoms with E-state index < -0.39 is 16.4 Å². The number of phenols is 1. The summed E-state index contributed by atoms with van der Waals surface area (Å²) in [6, 6.07) is 7.04. The lowest BCUT2D eigenvalue weighted by Crippen LogP contribution is -2.42. The van der Waals surface area contributed by atoms with Crippen molar-refractivity contribution in [3.05, 3.63) is 71.9 Å². The number of aromatic nitrogens is 3. The normalized spacial score (nSPS) is 15.9. The van der Waals surface area contributed by atoms with Gasteiger partial charge in [0.15, 0.2) is 5.75 Å². The van der Waals surface area contributed by atoms with Gasteiger partial charge < -0.3 is 14.7 Å². The zero-order chi connectivity index (χ0) is 24.6. The number of ether oxygens (including phenoxy) is 1. The van der Waals surface area contributed by atoms with Gasteiger partial charge in [-0.25, -0.2) is 4.79 Å². The molecule has 0 radical (unpaired) electrons. The first-order chi connectivity index (χ1) is 16.2. The second-order valence-electron chi connectivity index (χ2n) is 7.82. The van der Waals surface area contributed by atoms with E-state index in [4.69, 9.17) is 39.5 Å². The van der Waals surface area contributed by atoms with Gasteiger partial charge in [0.05, 0.1) is 21.3 Å². The summed E-state index contributed by atoms with van der Waals surface area (Å²) in [5, 5.41) is 13.7. The molecule has 12 heteroatoms. The summed E-state index contributed by atoms with van der Waals surface area (Å²) < 4.78 is 6.66. The first kappa shape index (κ1) is 24.1. The van der Waals surface area contributed by atoms with E-state index in [-0.39, 0.29) is 50.5 Å². The van der Waals surface area contributed by atoms with Crippen molar-refractivity contribution in [3.8, 4) is 22.9 Å². The van der Waals surface area contributed by atoms with Crippen molar-refractivity contribution in [2.24, 2.45) is 0 Å². The number of aromatic hydroxyl groups is 1. The molecule has 0 aliphatic carbocycles. The minimum atomic E-state index is -0.830. The molecular weight excluding hydrogens is 507 g/mol. The molecule has 2 aromatic carbocycles. The number of hydrogen-bond donors (Lipinski definition) is 2. The number of nitrogens with one attached hydrogen (secondary N) is 1. The lowest BCUT2D eigenvalue weighted by atomic mass is 10.0. The average Bonchev–Trinajstić information content (AvgIpc) is 2.79. The van der Waals surface area contributed by atoms with Crippen molar-refractivity contribution >= 4 is 40.7 Å². The Bertz CT molecular complexity index is 1360. The van der Waals surface area contributed by atoms with Gasteiger partial charge in [-0.3, -0.25) is 14.6 Å². The molecule has 2 heterocycles. The molecule has 9 nitrogen and oxygen atoms in total. The molecular formula is C22H19Cl3N4O5. The minimum absolute atomic E-state index is 0.0316. The van der Waals surface area contributed by atoms with Crippen LogP contribution in [0.25, 0.3) is 5.69 Å². The van der Waals surface area contributed by atoms with Crippen LogP contribution in [0.1, 0.15) is 36.5 Å². The maximum absolute atomic E-state index is 13.0. The molecule has 1 atom stereocenters. The second kappa shape index (κ2) is 9.69. The van der Waals surface area contributed by atoms with Gasteiger partial charge in [0.2, 0.25) is 5.15 Å². The molecule has 1 aliphatic heterocycles. The SMILES string of the molecule is C[C@@H]1CCCCN1C(=O)c1cc(Oc2c(Cl)cc(-n3nc(Cl)c(=O)[nH]c3=O)cc2Cl)ccc1O. The number of likely N-dealkylation sites (tertiary alicyclic amines) is 1. The predicted molar refractivity (Wildman–Crippen MR) is 128 cm³/mol. The number of amides is 1. The topological polar surface area (TPSA) is 118 Å². The van der Waals surface area contributed by atoms with Crippen molar-refractivity contribution in [2.75, 3.05) is 6.54 Å². The molecule has 0 spiro atoms. The Morgan fingerprint density at radius 1 is 1.15 bits per heavy atom. The van der Waals surface area contributed by atoms with Crippen LogP contribution in [0.3, 0.4) is 0 Å². The van der Waals surface area contributed by atoms with Crippen molar-refractivity contribution in [1.29, 1.82) is 0 Å². The molecule has 1 saturated heterocycles. The molecule has 34 heavy (non-hydrogen) atoms. The van der Waals surface area contributed by atoms with Gasteiger partial charge in [0.25, 0.3) is 11.5 Å². The van der Waals surface area contributed by atoms with Crippen LogP contribution in [-0.2, 0) is 0 Å². The number of piperidine rings is 1. The van der Waals surface area contributed by atoms with Gasteiger partial charge >= 0.3 is 5.69 Å². The third kappa shape index (κ3) is 4.77. The fourth-order valence-electron chi connectivity index (χ4n) is 3.74. The highest BCUT2D eigenvalue weighted by Gasteiger charge is 2.26. The van der Waals surface area contributed by atoms with Gasteiger partial charge in [-0.05, 0) is 56.5 Å². The summed E-state index contributed by atoms with van der Waals surface area (Å²) in [7, 11) is 0. The van der Waals surface area contributed by atoms with E-state index in [2.05, 4.69) is 5.10 Å². The molecule has 0 unspecified atom stereocenters. The number of carbonyl (C=O) groups is 1. The molecule has 178 valence electrons. The van der Waals surface area contributed by atoms with Gasteiger partial charge in [0.1, 0.15) is 11.5 Å². The Hall–Kier alpha value is -3.01. The standard InChI is InChI=1S/C22H19Cl3N4O5/c1-11-4-2-3-7-28(11)21(32)14-10-13(5-6-17(14)30)34-18-15(23)8-12(9-16(18)24)29-22(33)26-20(31)19(25)27-29/h5-6,8-11,30H,2-4,7H2,1H3,(H,26,31,33)/t11-/m1/s1. The number of nitrogens with zero attached hydrogens (tertiary/aromatic N) is 3. The molecule has 4 rings (SSSR count). The van der Waals surface area contributed by atoms with Crippen LogP contribution in [-0.4, -0.2) is 43.3 Å². The monoisotopic (exact) mass is 524 g/mol. The second-order valence-corrected chi connectivity index (χ2v) is 9.00. The van der Waals surface area contributed by atoms with E-state index in [9.17, 15) is 19.5 Å². The number of rotatable bonds is 4. The van der Waals surface area contributed by atoms with Crippen molar-refractivity contribution < 1.29 is 14.6 Å². The van der Waals surface area contributed by atoms with E-state index in [1.165, 1.54) is 30.3 Å². The summed E-state index contributed by atoms with van der Waals surface area (Å²) in [5.41, 5.74) is -1.40. The molecule has 1 aromatic heterocycles. The molecule has 3 aromatic rings.